The summed E-state index contributed by atoms with van der Waals surface area (Å²) in [5.74, 6) is -0.599. The Bertz CT molecular complexity index is 1020. The number of primary amides is 1. The van der Waals surface area contributed by atoms with E-state index in [0.717, 1.165) is 35.8 Å². The van der Waals surface area contributed by atoms with E-state index < -0.39 is 16.7 Å². The number of nitro benzene ring substituents is 1. The second-order valence-electron chi connectivity index (χ2n) is 8.48. The average Bonchev–Trinajstić information content (AvgIpc) is 3.03. The Morgan fingerprint density at radius 3 is 2.60 bits per heavy atom. The number of fused-ring (bicyclic) bond motifs is 1. The van der Waals surface area contributed by atoms with Crippen molar-refractivity contribution in [2.45, 2.75) is 40.0 Å². The van der Waals surface area contributed by atoms with Crippen molar-refractivity contribution in [1.82, 2.24) is 0 Å². The number of nitrogens with one attached hydrogen (secondary N) is 1. The fourth-order valence-corrected chi connectivity index (χ4v) is 5.15. The first kappa shape index (κ1) is 21.8. The van der Waals surface area contributed by atoms with Crippen LogP contribution in [0.15, 0.2) is 18.2 Å². The molecule has 2 amide bonds. The molecule has 0 saturated heterocycles. The molecule has 3 rings (SSSR count). The van der Waals surface area contributed by atoms with Gasteiger partial charge in [-0.25, -0.2) is 0 Å². The molecule has 160 valence electrons. The number of carbonyl (C=O) groups is 2. The summed E-state index contributed by atoms with van der Waals surface area (Å²) in [4.78, 5) is 36.6. The van der Waals surface area contributed by atoms with Crippen LogP contribution in [0, 0.1) is 21.4 Å². The molecule has 2 aromatic rings. The highest BCUT2D eigenvalue weighted by Gasteiger charge is 2.33. The Morgan fingerprint density at radius 1 is 1.33 bits per heavy atom. The minimum absolute atomic E-state index is 0.0641. The monoisotopic (exact) mass is 431 g/mol. The number of ether oxygens (including phenoxy) is 1. The van der Waals surface area contributed by atoms with Gasteiger partial charge in [0.05, 0.1) is 17.6 Å². The number of rotatable bonds is 5. The molecule has 1 heterocycles. The molecule has 0 spiro atoms. The summed E-state index contributed by atoms with van der Waals surface area (Å²) in [5.41, 5.74) is 6.81. The molecule has 3 N–H and O–H groups in total. The molecular formula is C21H25N3O5S. The van der Waals surface area contributed by atoms with E-state index >= 15 is 0 Å². The van der Waals surface area contributed by atoms with E-state index in [9.17, 15) is 19.7 Å². The van der Waals surface area contributed by atoms with Crippen molar-refractivity contribution in [3.05, 3.63) is 49.9 Å². The van der Waals surface area contributed by atoms with Gasteiger partial charge < -0.3 is 15.8 Å². The Balaban J connectivity index is 1.93. The van der Waals surface area contributed by atoms with E-state index in [4.69, 9.17) is 10.5 Å². The van der Waals surface area contributed by atoms with Gasteiger partial charge in [0.1, 0.15) is 5.00 Å². The topological polar surface area (TPSA) is 125 Å². The molecular weight excluding hydrogens is 406 g/mol. The normalized spacial score (nSPS) is 15.9. The number of nitro groups is 1. The van der Waals surface area contributed by atoms with Crippen LogP contribution in [-0.4, -0.2) is 23.8 Å². The maximum absolute atomic E-state index is 12.8. The van der Waals surface area contributed by atoms with E-state index in [1.165, 1.54) is 30.6 Å². The van der Waals surface area contributed by atoms with Crippen LogP contribution in [0.2, 0.25) is 0 Å². The van der Waals surface area contributed by atoms with Crippen molar-refractivity contribution in [2.24, 2.45) is 17.1 Å². The third-order valence-electron chi connectivity index (χ3n) is 5.60. The quantitative estimate of drug-likeness (QED) is 0.543. The van der Waals surface area contributed by atoms with Crippen LogP contribution >= 0.6 is 11.3 Å². The van der Waals surface area contributed by atoms with E-state index in [1.54, 1.807) is 0 Å². The van der Waals surface area contributed by atoms with Crippen molar-refractivity contribution >= 4 is 33.8 Å². The number of nitrogens with zero attached hydrogens (tertiary/aromatic N) is 1. The molecule has 0 radical (unpaired) electrons. The Labute approximate surface area is 178 Å². The minimum atomic E-state index is -0.610. The van der Waals surface area contributed by atoms with Crippen LogP contribution in [0.4, 0.5) is 10.7 Å². The third-order valence-corrected chi connectivity index (χ3v) is 6.77. The molecule has 1 aromatic heterocycles. The molecule has 1 aliphatic carbocycles. The largest absolute Gasteiger partial charge is 0.490 e. The van der Waals surface area contributed by atoms with Crippen molar-refractivity contribution in [3.8, 4) is 5.75 Å². The van der Waals surface area contributed by atoms with Crippen LogP contribution < -0.4 is 15.8 Å². The summed E-state index contributed by atoms with van der Waals surface area (Å²) in [6.07, 6.45) is 2.51. The van der Waals surface area contributed by atoms with Crippen LogP contribution in [-0.2, 0) is 12.8 Å². The molecule has 9 heteroatoms. The lowest BCUT2D eigenvalue weighted by molar-refractivity contribution is -0.385. The highest BCUT2D eigenvalue weighted by Crippen LogP contribution is 2.44. The summed E-state index contributed by atoms with van der Waals surface area (Å²) in [6.45, 7) is 6.60. The molecule has 1 aromatic carbocycles. The van der Waals surface area contributed by atoms with E-state index in [1.807, 2.05) is 0 Å². The van der Waals surface area contributed by atoms with Crippen LogP contribution in [0.25, 0.3) is 0 Å². The van der Waals surface area contributed by atoms with Gasteiger partial charge in [-0.3, -0.25) is 19.7 Å². The number of benzene rings is 1. The lowest BCUT2D eigenvalue weighted by Gasteiger charge is -2.33. The molecule has 1 atom stereocenters. The number of thiophene rings is 1. The molecule has 1 aliphatic rings. The van der Waals surface area contributed by atoms with Gasteiger partial charge in [0.25, 0.3) is 11.8 Å². The number of methoxy groups -OCH3 is 1. The Morgan fingerprint density at radius 2 is 2.03 bits per heavy atom. The molecule has 0 aliphatic heterocycles. The van der Waals surface area contributed by atoms with E-state index in [-0.39, 0.29) is 22.4 Å². The maximum atomic E-state index is 12.8. The van der Waals surface area contributed by atoms with Gasteiger partial charge >= 0.3 is 5.69 Å². The Hall–Kier alpha value is -2.94. The first-order chi connectivity index (χ1) is 14.0. The summed E-state index contributed by atoms with van der Waals surface area (Å²) < 4.78 is 4.97. The highest BCUT2D eigenvalue weighted by atomic mass is 32.1. The lowest BCUT2D eigenvalue weighted by Crippen LogP contribution is -2.27. The second-order valence-corrected chi connectivity index (χ2v) is 9.58. The van der Waals surface area contributed by atoms with Crippen molar-refractivity contribution in [2.75, 3.05) is 12.4 Å². The molecule has 0 bridgehead atoms. The van der Waals surface area contributed by atoms with Gasteiger partial charge in [0.15, 0.2) is 5.75 Å². The fraction of sp³-hybridized carbons (Fsp3) is 0.429. The van der Waals surface area contributed by atoms with Crippen molar-refractivity contribution in [1.29, 1.82) is 0 Å². The van der Waals surface area contributed by atoms with Gasteiger partial charge in [-0.2, -0.15) is 0 Å². The number of hydrogen-bond donors (Lipinski definition) is 2. The average molecular weight is 432 g/mol. The van der Waals surface area contributed by atoms with Gasteiger partial charge in [0, 0.05) is 16.5 Å². The van der Waals surface area contributed by atoms with Crippen LogP contribution in [0.5, 0.6) is 5.75 Å². The lowest BCUT2D eigenvalue weighted by atomic mass is 9.72. The summed E-state index contributed by atoms with van der Waals surface area (Å²) in [5, 5.41) is 14.4. The number of hydrogen-bond acceptors (Lipinski definition) is 6. The van der Waals surface area contributed by atoms with Crippen LogP contribution in [0.3, 0.4) is 0 Å². The first-order valence-corrected chi connectivity index (χ1v) is 10.4. The molecule has 8 nitrogen and oxygen atoms in total. The highest BCUT2D eigenvalue weighted by molar-refractivity contribution is 7.17. The smallest absolute Gasteiger partial charge is 0.311 e. The maximum Gasteiger partial charge on any atom is 0.311 e. The zero-order valence-electron chi connectivity index (χ0n) is 17.4. The summed E-state index contributed by atoms with van der Waals surface area (Å²) in [7, 11) is 1.32. The van der Waals surface area contributed by atoms with Crippen LogP contribution in [0.1, 0.15) is 58.3 Å². The van der Waals surface area contributed by atoms with Crippen molar-refractivity contribution in [3.63, 3.8) is 0 Å². The third kappa shape index (κ3) is 4.16. The number of carbonyl (C=O) groups excluding carboxylic acids is 2. The second kappa shape index (κ2) is 8.06. The summed E-state index contributed by atoms with van der Waals surface area (Å²) >= 11 is 1.36. The zero-order valence-corrected chi connectivity index (χ0v) is 18.2. The standard InChI is InChI=1S/C21H25N3O5S/c1-21(2,3)12-6-7-13-16(10-12)30-20(17(13)18(22)25)23-19(26)11-5-8-15(29-4)14(9-11)24(27)28/h5,8-9,12H,6-7,10H2,1-4H3,(H2,22,25)(H,23,26)/t12-/m0/s1. The predicted octanol–water partition coefficient (Wildman–Crippen LogP) is 4.17. The number of nitrogens with two attached hydrogens (primary N) is 1. The van der Waals surface area contributed by atoms with Crippen molar-refractivity contribution < 1.29 is 19.2 Å². The number of anilines is 1. The first-order valence-electron chi connectivity index (χ1n) is 9.61. The molecule has 0 fully saturated rings. The number of amides is 2. The molecule has 30 heavy (non-hydrogen) atoms. The van der Waals surface area contributed by atoms with Gasteiger partial charge in [0.2, 0.25) is 0 Å². The van der Waals surface area contributed by atoms with E-state index in [2.05, 4.69) is 26.1 Å². The van der Waals surface area contributed by atoms with Gasteiger partial charge in [-0.1, -0.05) is 20.8 Å². The summed E-state index contributed by atoms with van der Waals surface area (Å²) in [6, 6.07) is 3.96. The minimum Gasteiger partial charge on any atom is -0.490 e. The Kier molecular flexibility index (Phi) is 5.85. The molecule has 0 saturated carbocycles. The fourth-order valence-electron chi connectivity index (χ4n) is 3.82. The molecule has 0 unspecified atom stereocenters. The predicted molar refractivity (Wildman–Crippen MR) is 115 cm³/mol. The zero-order chi connectivity index (χ0) is 22.2. The van der Waals surface area contributed by atoms with E-state index in [0.29, 0.717) is 16.5 Å². The van der Waals surface area contributed by atoms with Gasteiger partial charge in [-0.05, 0) is 48.3 Å². The SMILES string of the molecule is COc1ccc(C(=O)Nc2sc3c(c2C(N)=O)CC[C@H](C(C)(C)C)C3)cc1[N+](=O)[O-]. The van der Waals surface area contributed by atoms with Gasteiger partial charge in [-0.15, -0.1) is 11.3 Å².